The Balaban J connectivity index is 0.00000408. The third-order valence-electron chi connectivity index (χ3n) is 4.55. The molecule has 0 saturated heterocycles. The minimum Gasteiger partial charge on any atom is -0.543 e. The van der Waals surface area contributed by atoms with Gasteiger partial charge in [0.15, 0.2) is 10.9 Å². The summed E-state index contributed by atoms with van der Waals surface area (Å²) >= 11 is 3.17. The summed E-state index contributed by atoms with van der Waals surface area (Å²) in [5, 5.41) is 22.8. The Bertz CT molecular complexity index is 1120. The second-order valence-electron chi connectivity index (χ2n) is 6.69. The Morgan fingerprint density at radius 2 is 2.24 bits per heavy atom. The number of carboxylic acids is 1. The molecule has 0 saturated carbocycles. The van der Waals surface area contributed by atoms with E-state index in [1.165, 1.54) is 41.4 Å². The first-order valence-electron chi connectivity index (χ1n) is 9.27. The zero-order valence-corrected chi connectivity index (χ0v) is 22.6. The molecule has 0 bridgehead atoms. The number of aliphatic carboxylic acids is 1. The van der Waals surface area contributed by atoms with Crippen molar-refractivity contribution in [2.24, 2.45) is 0 Å². The number of carboxylic acid groups (broad SMARTS) is 1. The van der Waals surface area contributed by atoms with Crippen molar-refractivity contribution in [1.82, 2.24) is 15.2 Å². The summed E-state index contributed by atoms with van der Waals surface area (Å²) in [6, 6.07) is 1.96. The van der Waals surface area contributed by atoms with E-state index in [0.717, 1.165) is 23.1 Å². The summed E-state index contributed by atoms with van der Waals surface area (Å²) in [5.74, 6) is -1.89. The molecule has 0 spiro atoms. The average molecular weight is 532 g/mol. The van der Waals surface area contributed by atoms with Gasteiger partial charge in [-0.05, 0) is 17.7 Å². The SMILES string of the molecule is CN1C(C(=O)[O-])=C(CSC(=O)c2ccco2)CSC1C(C=O)NC(=O)C(=N)c1csc(N)n1.[Na+]. The van der Waals surface area contributed by atoms with E-state index in [-0.39, 0.29) is 68.5 Å². The number of thiazole rings is 1. The predicted molar refractivity (Wildman–Crippen MR) is 123 cm³/mol. The van der Waals surface area contributed by atoms with E-state index >= 15 is 0 Å². The number of hydrogen-bond donors (Lipinski definition) is 3. The molecular weight excluding hydrogens is 513 g/mol. The monoisotopic (exact) mass is 531 g/mol. The molecule has 3 heterocycles. The van der Waals surface area contributed by atoms with Crippen LogP contribution in [0.4, 0.5) is 5.13 Å². The molecule has 15 heteroatoms. The molecule has 34 heavy (non-hydrogen) atoms. The minimum atomic E-state index is -1.47. The number of furan rings is 1. The van der Waals surface area contributed by atoms with Crippen LogP contribution in [0.25, 0.3) is 0 Å². The van der Waals surface area contributed by atoms with Gasteiger partial charge in [-0.3, -0.25) is 15.0 Å². The van der Waals surface area contributed by atoms with Gasteiger partial charge >= 0.3 is 29.6 Å². The van der Waals surface area contributed by atoms with E-state index < -0.39 is 29.0 Å². The Labute approximate surface area is 228 Å². The topological polar surface area (TPSA) is 183 Å². The first-order valence-corrected chi connectivity index (χ1v) is 12.2. The number of aldehydes is 1. The number of nitrogen functional groups attached to an aromatic ring is 1. The van der Waals surface area contributed by atoms with E-state index in [1.54, 1.807) is 6.07 Å². The quantitative estimate of drug-likeness (QED) is 0.170. The number of nitrogens with two attached hydrogens (primary N) is 1. The first-order chi connectivity index (χ1) is 15.7. The van der Waals surface area contributed by atoms with E-state index in [9.17, 15) is 24.3 Å². The molecule has 0 fully saturated rings. The Morgan fingerprint density at radius 3 is 2.79 bits per heavy atom. The van der Waals surface area contributed by atoms with Crippen molar-refractivity contribution in [3.63, 3.8) is 0 Å². The van der Waals surface area contributed by atoms with E-state index in [4.69, 9.17) is 15.6 Å². The fourth-order valence-corrected chi connectivity index (χ4v) is 5.78. The predicted octanol–water partition coefficient (Wildman–Crippen LogP) is -3.04. The third kappa shape index (κ3) is 6.52. The molecule has 2 aromatic rings. The van der Waals surface area contributed by atoms with Gasteiger partial charge in [0, 0.05) is 23.9 Å². The van der Waals surface area contributed by atoms with Crippen LogP contribution in [-0.2, 0) is 14.4 Å². The Morgan fingerprint density at radius 1 is 1.50 bits per heavy atom. The molecule has 3 rings (SSSR count). The summed E-state index contributed by atoms with van der Waals surface area (Å²) < 4.78 is 5.05. The number of aromatic nitrogens is 1. The second-order valence-corrected chi connectivity index (χ2v) is 9.63. The van der Waals surface area contributed by atoms with Gasteiger partial charge in [-0.25, -0.2) is 4.98 Å². The maximum Gasteiger partial charge on any atom is 1.00 e. The molecule has 4 N–H and O–H groups in total. The summed E-state index contributed by atoms with van der Waals surface area (Å²) in [7, 11) is 1.45. The zero-order chi connectivity index (χ0) is 24.1. The molecule has 0 aliphatic carbocycles. The smallest absolute Gasteiger partial charge is 0.543 e. The molecule has 0 aromatic carbocycles. The van der Waals surface area contributed by atoms with Gasteiger partial charge in [0.1, 0.15) is 29.1 Å². The van der Waals surface area contributed by atoms with Crippen LogP contribution in [-0.4, -0.2) is 68.8 Å². The van der Waals surface area contributed by atoms with Crippen LogP contribution in [0.5, 0.6) is 0 Å². The van der Waals surface area contributed by atoms with Crippen LogP contribution < -0.4 is 45.7 Å². The van der Waals surface area contributed by atoms with Crippen molar-refractivity contribution in [1.29, 1.82) is 5.41 Å². The van der Waals surface area contributed by atoms with Crippen molar-refractivity contribution in [2.45, 2.75) is 11.4 Å². The Hall–Kier alpha value is -2.10. The van der Waals surface area contributed by atoms with Crippen LogP contribution in [0.15, 0.2) is 39.5 Å². The molecular formula is C19H18N5NaO6S3. The summed E-state index contributed by atoms with van der Waals surface area (Å²) in [5.41, 5.74) is 5.39. The van der Waals surface area contributed by atoms with Crippen molar-refractivity contribution in [2.75, 3.05) is 24.3 Å². The number of carbonyl (C=O) groups is 4. The van der Waals surface area contributed by atoms with Gasteiger partial charge in [-0.2, -0.15) is 0 Å². The van der Waals surface area contributed by atoms with Gasteiger partial charge in [0.05, 0.1) is 17.9 Å². The molecule has 174 valence electrons. The number of nitrogens with one attached hydrogen (secondary N) is 2. The number of anilines is 1. The van der Waals surface area contributed by atoms with Gasteiger partial charge in [-0.1, -0.05) is 11.8 Å². The number of carbonyl (C=O) groups excluding carboxylic acids is 4. The van der Waals surface area contributed by atoms with E-state index in [2.05, 4.69) is 10.3 Å². The molecule has 2 atom stereocenters. The van der Waals surface area contributed by atoms with Crippen molar-refractivity contribution in [3.8, 4) is 0 Å². The molecule has 0 radical (unpaired) electrons. The largest absolute Gasteiger partial charge is 1.00 e. The molecule has 11 nitrogen and oxygen atoms in total. The number of hydrogen-bond acceptors (Lipinski definition) is 13. The van der Waals surface area contributed by atoms with E-state index in [1.807, 2.05) is 0 Å². The van der Waals surface area contributed by atoms with Crippen LogP contribution in [0, 0.1) is 5.41 Å². The Kier molecular flexibility index (Phi) is 10.4. The van der Waals surface area contributed by atoms with Crippen molar-refractivity contribution in [3.05, 3.63) is 46.5 Å². The second kappa shape index (κ2) is 12.6. The summed E-state index contributed by atoms with van der Waals surface area (Å²) in [4.78, 5) is 53.4. The number of likely N-dealkylation sites (N-methyl/N-ethyl adjacent to an activating group) is 1. The zero-order valence-electron chi connectivity index (χ0n) is 18.1. The van der Waals surface area contributed by atoms with E-state index in [0.29, 0.717) is 11.9 Å². The number of thioether (sulfide) groups is 2. The molecule has 1 aliphatic rings. The first kappa shape index (κ1) is 28.1. The number of rotatable bonds is 9. The normalized spacial score (nSPS) is 16.4. The summed E-state index contributed by atoms with van der Waals surface area (Å²) in [6.45, 7) is 0. The molecule has 2 aromatic heterocycles. The average Bonchev–Trinajstić information content (AvgIpc) is 3.47. The van der Waals surface area contributed by atoms with Gasteiger partial charge in [0.25, 0.3) is 11.0 Å². The van der Waals surface area contributed by atoms with Gasteiger partial charge in [0.2, 0.25) is 0 Å². The van der Waals surface area contributed by atoms with Gasteiger partial charge < -0.3 is 35.1 Å². The summed E-state index contributed by atoms with van der Waals surface area (Å²) in [6.07, 6.45) is 1.84. The van der Waals surface area contributed by atoms with Gasteiger partial charge in [-0.15, -0.1) is 23.1 Å². The molecule has 1 amide bonds. The number of nitrogens with zero attached hydrogens (tertiary/aromatic N) is 2. The molecule has 2 unspecified atom stereocenters. The maximum absolute atomic E-state index is 12.5. The van der Waals surface area contributed by atoms with Crippen LogP contribution in [0.3, 0.4) is 0 Å². The molecule has 1 aliphatic heterocycles. The number of amides is 1. The fourth-order valence-electron chi connectivity index (χ4n) is 3.02. The van der Waals surface area contributed by atoms with Crippen LogP contribution in [0.2, 0.25) is 0 Å². The maximum atomic E-state index is 12.5. The van der Waals surface area contributed by atoms with Crippen molar-refractivity contribution < 1.29 is 58.3 Å². The van der Waals surface area contributed by atoms with Crippen LogP contribution in [0.1, 0.15) is 16.2 Å². The standard InChI is InChI=1S/C19H19N5O6S3.Na/c1-24-14(17(27)28)9(7-32-18(29)12-3-2-4-30-12)6-31-16(24)10(5-25)22-15(26)13(20)11-8-33-19(21)23-11;/h2-5,8,10,16,20H,6-7H2,1H3,(H2,21,23)(H,22,26)(H,27,28);/q;+1/p-1. The fraction of sp³-hybridized carbons (Fsp3) is 0.263. The van der Waals surface area contributed by atoms with Crippen molar-refractivity contribution >= 4 is 69.0 Å². The minimum absolute atomic E-state index is 0. The third-order valence-corrected chi connectivity index (χ3v) is 7.64. The van der Waals surface area contributed by atoms with Crippen LogP contribution >= 0.6 is 34.9 Å².